The zero-order chi connectivity index (χ0) is 43.8. The molecule has 330 valence electrons. The maximum atomic E-state index is 14.0. The van der Waals surface area contributed by atoms with E-state index in [1.54, 1.807) is 24.3 Å². The number of aromatic nitrogens is 2. The fourth-order valence-corrected chi connectivity index (χ4v) is 8.76. The summed E-state index contributed by atoms with van der Waals surface area (Å²) in [5.74, 6) is -1.63. The predicted molar refractivity (Wildman–Crippen MR) is 228 cm³/mol. The molecule has 2 aromatic carbocycles. The van der Waals surface area contributed by atoms with Crippen LogP contribution < -0.4 is 20.9 Å². The molecule has 0 radical (unpaired) electrons. The summed E-state index contributed by atoms with van der Waals surface area (Å²) in [5.41, 5.74) is 3.45. The smallest absolute Gasteiger partial charge is 0.264 e. The molecule has 2 saturated heterocycles. The van der Waals surface area contributed by atoms with Gasteiger partial charge in [0.2, 0.25) is 23.6 Å². The molecule has 4 aliphatic rings. The number of aliphatic hydroxyl groups is 1. The number of unbranched alkanes of at least 4 members (excludes halogenated alkanes) is 1. The Morgan fingerprint density at radius 3 is 2.45 bits per heavy atom. The standard InChI is InChI=1S/C44H53ClN8O9/c1-27-25-34(54)39-37(27)40(49-26-48-39)51-17-19-52(20-18-51)42(58)30(28-8-10-29(45)11-9-28)5-2-3-15-47-35(55)14-21-61-23-24-62-22-16-46-32-7-4-6-31-38(32)44(60)53(43(31)59)33-12-13-36(56)50-41(33)57/h4,6-11,26-27,30,33-34,46,54H,2-3,5,12-25H2,1H3,(H,47,55)(H,50,56,57)/t27-,30-,33?,34-/m1/s1. The molecule has 0 bridgehead atoms. The van der Waals surface area contributed by atoms with E-state index in [0.717, 1.165) is 28.3 Å². The number of nitrogens with one attached hydrogen (secondary N) is 3. The summed E-state index contributed by atoms with van der Waals surface area (Å²) in [6.07, 6.45) is 3.96. The maximum Gasteiger partial charge on any atom is 0.264 e. The highest BCUT2D eigenvalue weighted by Crippen LogP contribution is 2.43. The number of hydrogen-bond donors (Lipinski definition) is 4. The second kappa shape index (κ2) is 20.6. The van der Waals surface area contributed by atoms with E-state index >= 15 is 0 Å². The molecule has 3 aromatic rings. The minimum atomic E-state index is -1.04. The van der Waals surface area contributed by atoms with Crippen molar-refractivity contribution in [1.82, 2.24) is 30.4 Å². The number of hydrogen-bond acceptors (Lipinski definition) is 13. The lowest BCUT2D eigenvalue weighted by molar-refractivity contribution is -0.136. The summed E-state index contributed by atoms with van der Waals surface area (Å²) in [5, 5.41) is 19.3. The Kier molecular flexibility index (Phi) is 14.8. The first-order chi connectivity index (χ1) is 30.0. The zero-order valence-electron chi connectivity index (χ0n) is 34.8. The molecule has 6 amide bonds. The summed E-state index contributed by atoms with van der Waals surface area (Å²) in [6, 6.07) is 11.3. The molecule has 62 heavy (non-hydrogen) atoms. The predicted octanol–water partition coefficient (Wildman–Crippen LogP) is 3.33. The fourth-order valence-electron chi connectivity index (χ4n) is 8.64. The molecule has 1 unspecified atom stereocenters. The van der Waals surface area contributed by atoms with Gasteiger partial charge in [-0.25, -0.2) is 9.97 Å². The number of rotatable bonds is 19. The van der Waals surface area contributed by atoms with E-state index in [1.807, 2.05) is 17.0 Å². The van der Waals surface area contributed by atoms with E-state index in [9.17, 15) is 33.9 Å². The Morgan fingerprint density at radius 2 is 1.69 bits per heavy atom. The van der Waals surface area contributed by atoms with Gasteiger partial charge < -0.3 is 35.0 Å². The highest BCUT2D eigenvalue weighted by molar-refractivity contribution is 6.30. The van der Waals surface area contributed by atoms with Gasteiger partial charge in [-0.15, -0.1) is 0 Å². The molecule has 0 spiro atoms. The molecule has 18 heteroatoms. The van der Waals surface area contributed by atoms with Crippen LogP contribution >= 0.6 is 11.6 Å². The van der Waals surface area contributed by atoms with Gasteiger partial charge in [0.15, 0.2) is 0 Å². The summed E-state index contributed by atoms with van der Waals surface area (Å²) < 4.78 is 11.2. The minimum absolute atomic E-state index is 0.0470. The van der Waals surface area contributed by atoms with E-state index in [-0.39, 0.29) is 80.5 Å². The van der Waals surface area contributed by atoms with Crippen molar-refractivity contribution in [2.24, 2.45) is 0 Å². The SMILES string of the molecule is C[C@@H]1C[C@@H](O)c2ncnc(N3CCN(C(=O)[C@H](CCCCNC(=O)CCOCCOCCNc4cccc5c4C(=O)N(C4CCC(=O)NC4=O)C5=O)c4ccc(Cl)cc4)CC3)c21. The van der Waals surface area contributed by atoms with Crippen LogP contribution in [0.1, 0.15) is 107 Å². The Balaban J connectivity index is 0.766. The molecule has 4 heterocycles. The first kappa shape index (κ1) is 44.6. The van der Waals surface area contributed by atoms with Crippen molar-refractivity contribution < 1.29 is 43.3 Å². The number of halogens is 1. The van der Waals surface area contributed by atoms with E-state index < -0.39 is 35.8 Å². The maximum absolute atomic E-state index is 14.0. The van der Waals surface area contributed by atoms with Crippen LogP contribution in [0.15, 0.2) is 48.8 Å². The number of carbonyl (C=O) groups is 6. The zero-order valence-corrected chi connectivity index (χ0v) is 35.5. The van der Waals surface area contributed by atoms with Crippen LogP contribution in [0.4, 0.5) is 11.5 Å². The van der Waals surface area contributed by atoms with Crippen LogP contribution in [0.5, 0.6) is 0 Å². The van der Waals surface area contributed by atoms with Crippen molar-refractivity contribution in [2.75, 3.05) is 75.9 Å². The van der Waals surface area contributed by atoms with Crippen molar-refractivity contribution in [3.05, 3.63) is 81.8 Å². The average Bonchev–Trinajstić information content (AvgIpc) is 3.71. The molecular weight excluding hydrogens is 820 g/mol. The van der Waals surface area contributed by atoms with Gasteiger partial charge in [0.25, 0.3) is 11.8 Å². The Labute approximate surface area is 364 Å². The number of fused-ring (bicyclic) bond motifs is 2. The molecule has 3 aliphatic heterocycles. The number of benzene rings is 2. The number of piperazine rings is 1. The fraction of sp³-hybridized carbons (Fsp3) is 0.500. The third-order valence-electron chi connectivity index (χ3n) is 11.9. The Bertz CT molecular complexity index is 2150. The molecule has 17 nitrogen and oxygen atoms in total. The van der Waals surface area contributed by atoms with Crippen molar-refractivity contribution >= 4 is 58.5 Å². The second-order valence-corrected chi connectivity index (χ2v) is 16.4. The molecule has 1 aromatic heterocycles. The average molecular weight is 873 g/mol. The number of amides is 6. The highest BCUT2D eigenvalue weighted by atomic mass is 35.5. The van der Waals surface area contributed by atoms with Crippen molar-refractivity contribution in [2.45, 2.75) is 75.9 Å². The van der Waals surface area contributed by atoms with Crippen molar-refractivity contribution in [1.29, 1.82) is 0 Å². The van der Waals surface area contributed by atoms with Gasteiger partial charge in [0.05, 0.1) is 55.3 Å². The second-order valence-electron chi connectivity index (χ2n) is 16.0. The molecule has 4 N–H and O–H groups in total. The normalized spacial score (nSPS) is 20.2. The summed E-state index contributed by atoms with van der Waals surface area (Å²) in [7, 11) is 0. The van der Waals surface area contributed by atoms with Gasteiger partial charge >= 0.3 is 0 Å². The number of piperidine rings is 1. The van der Waals surface area contributed by atoms with Crippen LogP contribution in [0.2, 0.25) is 5.02 Å². The summed E-state index contributed by atoms with van der Waals surface area (Å²) in [6.45, 7) is 6.35. The minimum Gasteiger partial charge on any atom is -0.387 e. The van der Waals surface area contributed by atoms with Crippen molar-refractivity contribution in [3.63, 3.8) is 0 Å². The lowest BCUT2D eigenvalue weighted by Crippen LogP contribution is -2.54. The van der Waals surface area contributed by atoms with Crippen LogP contribution in [0, 0.1) is 0 Å². The quantitative estimate of drug-likeness (QED) is 0.101. The first-order valence-electron chi connectivity index (χ1n) is 21.3. The largest absolute Gasteiger partial charge is 0.387 e. The Hall–Kier alpha value is -5.49. The van der Waals surface area contributed by atoms with Crippen LogP contribution in [-0.4, -0.2) is 132 Å². The van der Waals surface area contributed by atoms with E-state index in [2.05, 4.69) is 37.7 Å². The summed E-state index contributed by atoms with van der Waals surface area (Å²) in [4.78, 5) is 90.7. The van der Waals surface area contributed by atoms with E-state index in [1.165, 1.54) is 12.4 Å². The molecule has 0 saturated carbocycles. The number of imide groups is 2. The Morgan fingerprint density at radius 1 is 0.935 bits per heavy atom. The van der Waals surface area contributed by atoms with Gasteiger partial charge in [-0.05, 0) is 61.4 Å². The van der Waals surface area contributed by atoms with Gasteiger partial charge in [0, 0.05) is 68.4 Å². The number of ether oxygens (including phenoxy) is 2. The highest BCUT2D eigenvalue weighted by Gasteiger charge is 2.45. The molecule has 4 atom stereocenters. The van der Waals surface area contributed by atoms with Gasteiger partial charge in [-0.2, -0.15) is 0 Å². The molecule has 7 rings (SSSR count). The topological polar surface area (TPSA) is 213 Å². The number of aliphatic hydroxyl groups excluding tert-OH is 1. The van der Waals surface area contributed by atoms with Crippen LogP contribution in [-0.2, 0) is 28.7 Å². The monoisotopic (exact) mass is 872 g/mol. The lowest BCUT2D eigenvalue weighted by atomic mass is 9.91. The number of anilines is 2. The van der Waals surface area contributed by atoms with E-state index in [0.29, 0.717) is 74.9 Å². The summed E-state index contributed by atoms with van der Waals surface area (Å²) >= 11 is 6.18. The van der Waals surface area contributed by atoms with Crippen LogP contribution in [0.25, 0.3) is 0 Å². The van der Waals surface area contributed by atoms with Crippen LogP contribution in [0.3, 0.4) is 0 Å². The third kappa shape index (κ3) is 10.2. The van der Waals surface area contributed by atoms with Crippen molar-refractivity contribution in [3.8, 4) is 0 Å². The number of carbonyl (C=O) groups excluding carboxylic acids is 6. The van der Waals surface area contributed by atoms with E-state index in [4.69, 9.17) is 21.1 Å². The lowest BCUT2D eigenvalue weighted by Gasteiger charge is -2.38. The molecule has 1 aliphatic carbocycles. The third-order valence-corrected chi connectivity index (χ3v) is 12.1. The van der Waals surface area contributed by atoms with Gasteiger partial charge in [-0.1, -0.05) is 43.1 Å². The first-order valence-corrected chi connectivity index (χ1v) is 21.7. The number of nitrogens with zero attached hydrogens (tertiary/aromatic N) is 5. The molecular formula is C44H53ClN8O9. The van der Waals surface area contributed by atoms with Gasteiger partial charge in [0.1, 0.15) is 18.2 Å². The molecule has 2 fully saturated rings. The van der Waals surface area contributed by atoms with Gasteiger partial charge in [-0.3, -0.25) is 39.0 Å².